The van der Waals surface area contributed by atoms with Crippen molar-refractivity contribution < 1.29 is 9.53 Å². The second-order valence-corrected chi connectivity index (χ2v) is 5.00. The van der Waals surface area contributed by atoms with Gasteiger partial charge in [0.1, 0.15) is 5.60 Å². The Balaban J connectivity index is 1.94. The van der Waals surface area contributed by atoms with Gasteiger partial charge in [-0.25, -0.2) is 4.79 Å². The van der Waals surface area contributed by atoms with Gasteiger partial charge in [0.2, 0.25) is 0 Å². The smallest absolute Gasteiger partial charge is 0.408 e. The van der Waals surface area contributed by atoms with E-state index in [1.807, 2.05) is 18.2 Å². The topological polar surface area (TPSA) is 38.3 Å². The van der Waals surface area contributed by atoms with Gasteiger partial charge in [-0.1, -0.05) is 36.8 Å². The van der Waals surface area contributed by atoms with Crippen molar-refractivity contribution in [2.24, 2.45) is 0 Å². The standard InChI is InChI=1S/C14H17NO2/c16-13-15-12(11-7-3-1-4-8-11)14(17-13)9-5-2-6-10-14/h1,3-4,7-8,12H,2,5-6,9-10H2,(H,15,16). The van der Waals surface area contributed by atoms with E-state index in [4.69, 9.17) is 4.74 Å². The van der Waals surface area contributed by atoms with Crippen LogP contribution in [0.3, 0.4) is 0 Å². The molecule has 17 heavy (non-hydrogen) atoms. The van der Waals surface area contributed by atoms with Crippen LogP contribution in [0.25, 0.3) is 0 Å². The first kappa shape index (κ1) is 10.6. The largest absolute Gasteiger partial charge is 0.440 e. The molecule has 1 N–H and O–H groups in total. The lowest BCUT2D eigenvalue weighted by Crippen LogP contribution is -2.38. The summed E-state index contributed by atoms with van der Waals surface area (Å²) in [4.78, 5) is 11.6. The van der Waals surface area contributed by atoms with Gasteiger partial charge in [-0.05, 0) is 31.2 Å². The molecular formula is C14H17NO2. The molecule has 1 heterocycles. The molecule has 1 amide bonds. The molecule has 90 valence electrons. The molecule has 3 nitrogen and oxygen atoms in total. The average Bonchev–Trinajstić information content (AvgIpc) is 2.68. The van der Waals surface area contributed by atoms with Gasteiger partial charge in [0.25, 0.3) is 0 Å². The molecule has 0 bridgehead atoms. The normalized spacial score (nSPS) is 26.6. The maximum atomic E-state index is 11.6. The SMILES string of the molecule is O=C1NC(c2ccccc2)C2(CCCCC2)O1. The van der Waals surface area contributed by atoms with E-state index in [2.05, 4.69) is 17.4 Å². The van der Waals surface area contributed by atoms with Crippen LogP contribution in [-0.4, -0.2) is 11.7 Å². The number of hydrogen-bond donors (Lipinski definition) is 1. The summed E-state index contributed by atoms with van der Waals surface area (Å²) >= 11 is 0. The summed E-state index contributed by atoms with van der Waals surface area (Å²) in [5.41, 5.74) is 0.858. The molecule has 1 aliphatic carbocycles. The highest BCUT2D eigenvalue weighted by atomic mass is 16.6. The van der Waals surface area contributed by atoms with Crippen LogP contribution in [-0.2, 0) is 4.74 Å². The van der Waals surface area contributed by atoms with E-state index >= 15 is 0 Å². The molecule has 2 aliphatic rings. The van der Waals surface area contributed by atoms with Crippen LogP contribution in [0, 0.1) is 0 Å². The van der Waals surface area contributed by atoms with E-state index in [9.17, 15) is 4.79 Å². The molecule has 1 saturated carbocycles. The van der Waals surface area contributed by atoms with E-state index in [0.717, 1.165) is 31.2 Å². The number of alkyl carbamates (subject to hydrolysis) is 1. The quantitative estimate of drug-likeness (QED) is 0.806. The van der Waals surface area contributed by atoms with Crippen molar-refractivity contribution in [1.82, 2.24) is 5.32 Å². The number of carbonyl (C=O) groups excluding carboxylic acids is 1. The molecule has 1 unspecified atom stereocenters. The molecule has 1 aromatic rings. The van der Waals surface area contributed by atoms with Crippen molar-refractivity contribution >= 4 is 6.09 Å². The third kappa shape index (κ3) is 1.79. The highest BCUT2D eigenvalue weighted by Crippen LogP contribution is 2.44. The summed E-state index contributed by atoms with van der Waals surface area (Å²) in [6, 6.07) is 10.2. The Bertz CT molecular complexity index is 409. The summed E-state index contributed by atoms with van der Waals surface area (Å²) in [5, 5.41) is 2.97. The minimum absolute atomic E-state index is 0.0245. The Morgan fingerprint density at radius 2 is 1.82 bits per heavy atom. The highest BCUT2D eigenvalue weighted by molar-refractivity contribution is 5.71. The molecule has 1 spiro atoms. The van der Waals surface area contributed by atoms with Crippen molar-refractivity contribution in [1.29, 1.82) is 0 Å². The van der Waals surface area contributed by atoms with Crippen molar-refractivity contribution in [2.45, 2.75) is 43.7 Å². The van der Waals surface area contributed by atoms with E-state index < -0.39 is 0 Å². The number of hydrogen-bond acceptors (Lipinski definition) is 2. The first-order valence-electron chi connectivity index (χ1n) is 6.35. The number of nitrogens with one attached hydrogen (secondary N) is 1. The first-order chi connectivity index (χ1) is 8.30. The summed E-state index contributed by atoms with van der Waals surface area (Å²) < 4.78 is 5.61. The van der Waals surface area contributed by atoms with Gasteiger partial charge in [-0.3, -0.25) is 0 Å². The van der Waals surface area contributed by atoms with Gasteiger partial charge in [0, 0.05) is 0 Å². The first-order valence-corrected chi connectivity index (χ1v) is 6.35. The number of benzene rings is 1. The van der Waals surface area contributed by atoms with Crippen LogP contribution in [0.4, 0.5) is 4.79 Å². The molecule has 3 heteroatoms. The van der Waals surface area contributed by atoms with E-state index in [1.165, 1.54) is 6.42 Å². The summed E-state index contributed by atoms with van der Waals surface area (Å²) in [5.74, 6) is 0. The molecule has 3 rings (SSSR count). The van der Waals surface area contributed by atoms with Crippen LogP contribution in [0.5, 0.6) is 0 Å². The van der Waals surface area contributed by atoms with Gasteiger partial charge in [-0.2, -0.15) is 0 Å². The van der Waals surface area contributed by atoms with Crippen LogP contribution in [0.1, 0.15) is 43.7 Å². The Morgan fingerprint density at radius 1 is 1.12 bits per heavy atom. The number of amides is 1. The van der Waals surface area contributed by atoms with Crippen molar-refractivity contribution in [2.75, 3.05) is 0 Å². The van der Waals surface area contributed by atoms with Gasteiger partial charge in [-0.15, -0.1) is 0 Å². The van der Waals surface area contributed by atoms with Crippen LogP contribution < -0.4 is 5.32 Å². The minimum Gasteiger partial charge on any atom is -0.440 e. The molecule has 0 aromatic heterocycles. The molecule has 2 fully saturated rings. The Morgan fingerprint density at radius 3 is 2.53 bits per heavy atom. The molecule has 1 aliphatic heterocycles. The average molecular weight is 231 g/mol. The van der Waals surface area contributed by atoms with Gasteiger partial charge in [0.15, 0.2) is 0 Å². The zero-order valence-corrected chi connectivity index (χ0v) is 9.82. The molecule has 1 aromatic carbocycles. The maximum Gasteiger partial charge on any atom is 0.408 e. The third-order valence-electron chi connectivity index (χ3n) is 3.92. The number of carbonyl (C=O) groups is 1. The van der Waals surface area contributed by atoms with Crippen molar-refractivity contribution in [3.8, 4) is 0 Å². The molecule has 1 saturated heterocycles. The summed E-state index contributed by atoms with van der Waals surface area (Å²) in [7, 11) is 0. The fourth-order valence-corrected chi connectivity index (χ4v) is 3.10. The molecule has 1 atom stereocenters. The lowest BCUT2D eigenvalue weighted by atomic mass is 9.77. The van der Waals surface area contributed by atoms with Crippen LogP contribution in [0.15, 0.2) is 30.3 Å². The second-order valence-electron chi connectivity index (χ2n) is 5.00. The van der Waals surface area contributed by atoms with E-state index in [-0.39, 0.29) is 17.7 Å². The summed E-state index contributed by atoms with van der Waals surface area (Å²) in [6.45, 7) is 0. The molecular weight excluding hydrogens is 214 g/mol. The van der Waals surface area contributed by atoms with Gasteiger partial charge in [0.05, 0.1) is 6.04 Å². The van der Waals surface area contributed by atoms with Crippen molar-refractivity contribution in [3.05, 3.63) is 35.9 Å². The third-order valence-corrected chi connectivity index (χ3v) is 3.92. The van der Waals surface area contributed by atoms with Crippen molar-refractivity contribution in [3.63, 3.8) is 0 Å². The van der Waals surface area contributed by atoms with Crippen LogP contribution in [0.2, 0.25) is 0 Å². The zero-order valence-electron chi connectivity index (χ0n) is 9.82. The summed E-state index contributed by atoms with van der Waals surface area (Å²) in [6.07, 6.45) is 5.24. The Hall–Kier alpha value is -1.51. The molecule has 0 radical (unpaired) electrons. The predicted molar refractivity (Wildman–Crippen MR) is 64.6 cm³/mol. The lowest BCUT2D eigenvalue weighted by Gasteiger charge is -2.35. The van der Waals surface area contributed by atoms with Gasteiger partial charge >= 0.3 is 6.09 Å². The number of rotatable bonds is 1. The van der Waals surface area contributed by atoms with E-state index in [0.29, 0.717) is 0 Å². The van der Waals surface area contributed by atoms with Gasteiger partial charge < -0.3 is 10.1 Å². The second kappa shape index (κ2) is 4.06. The number of ether oxygens (including phenoxy) is 1. The highest BCUT2D eigenvalue weighted by Gasteiger charge is 2.49. The fourth-order valence-electron chi connectivity index (χ4n) is 3.10. The fraction of sp³-hybridized carbons (Fsp3) is 0.500. The minimum atomic E-state index is -0.295. The monoisotopic (exact) mass is 231 g/mol. The maximum absolute atomic E-state index is 11.6. The predicted octanol–water partition coefficient (Wildman–Crippen LogP) is 3.17. The Kier molecular flexibility index (Phi) is 2.54. The Labute approximate surface area is 101 Å². The lowest BCUT2D eigenvalue weighted by molar-refractivity contribution is 0.00401. The zero-order chi connectivity index (χ0) is 11.7. The van der Waals surface area contributed by atoms with E-state index in [1.54, 1.807) is 0 Å². The van der Waals surface area contributed by atoms with Crippen LogP contribution >= 0.6 is 0 Å².